The third-order valence-corrected chi connectivity index (χ3v) is 8.55. The molecule has 3 rings (SSSR count). The molecule has 0 spiro atoms. The maximum Gasteiger partial charge on any atom is 0.245 e. The maximum absolute atomic E-state index is 12.7. The van der Waals surface area contributed by atoms with Crippen LogP contribution in [-0.2, 0) is 24.8 Å². The predicted octanol–water partition coefficient (Wildman–Crippen LogP) is 3.57. The fourth-order valence-electron chi connectivity index (χ4n) is 3.35. The molecule has 32 heavy (non-hydrogen) atoms. The van der Waals surface area contributed by atoms with Gasteiger partial charge in [-0.3, -0.25) is 9.10 Å². The van der Waals surface area contributed by atoms with Crippen molar-refractivity contribution in [1.82, 2.24) is 4.31 Å². The van der Waals surface area contributed by atoms with Crippen molar-refractivity contribution >= 4 is 60.5 Å². The number of halogens is 2. The average molecular weight is 520 g/mol. The molecule has 1 amide bonds. The van der Waals surface area contributed by atoms with E-state index in [1.165, 1.54) is 46.8 Å². The van der Waals surface area contributed by atoms with Gasteiger partial charge < -0.3 is 5.32 Å². The summed E-state index contributed by atoms with van der Waals surface area (Å²) in [6.07, 6.45) is 3.64. The number of carbonyl (C=O) groups excluding carboxylic acids is 1. The van der Waals surface area contributed by atoms with Gasteiger partial charge >= 0.3 is 0 Å². The van der Waals surface area contributed by atoms with Crippen molar-refractivity contribution in [2.45, 2.75) is 24.2 Å². The Morgan fingerprint density at radius 3 is 2.22 bits per heavy atom. The first kappa shape index (κ1) is 24.8. The summed E-state index contributed by atoms with van der Waals surface area (Å²) in [5, 5.41) is 2.97. The van der Waals surface area contributed by atoms with Crippen LogP contribution in [0.1, 0.15) is 19.3 Å². The third kappa shape index (κ3) is 5.93. The molecule has 0 aromatic heterocycles. The summed E-state index contributed by atoms with van der Waals surface area (Å²) in [6.45, 7) is 0.454. The van der Waals surface area contributed by atoms with Crippen LogP contribution in [0.4, 0.5) is 11.4 Å². The Kier molecular flexibility index (Phi) is 7.72. The standard InChI is InChI=1S/C20H23Cl2N3O5S2/c1-31(27,28)25(19-13-15(21)5-10-18(19)22)14-20(26)23-16-6-8-17(9-7-16)32(29,30)24-11-3-2-4-12-24/h5-10,13H,2-4,11-12,14H2,1H3,(H,23,26). The van der Waals surface area contributed by atoms with Crippen LogP contribution < -0.4 is 9.62 Å². The first-order chi connectivity index (χ1) is 15.0. The van der Waals surface area contributed by atoms with Gasteiger partial charge in [-0.25, -0.2) is 16.8 Å². The molecule has 1 heterocycles. The van der Waals surface area contributed by atoms with Crippen LogP contribution >= 0.6 is 23.2 Å². The highest BCUT2D eigenvalue weighted by molar-refractivity contribution is 7.92. The van der Waals surface area contributed by atoms with Crippen molar-refractivity contribution in [3.8, 4) is 0 Å². The zero-order valence-electron chi connectivity index (χ0n) is 17.3. The number of hydrogen-bond acceptors (Lipinski definition) is 5. The highest BCUT2D eigenvalue weighted by atomic mass is 35.5. The van der Waals surface area contributed by atoms with Crippen LogP contribution in [-0.4, -0.2) is 52.9 Å². The molecule has 1 fully saturated rings. The molecule has 2 aromatic rings. The van der Waals surface area contributed by atoms with Gasteiger partial charge in [-0.05, 0) is 55.3 Å². The highest BCUT2D eigenvalue weighted by Crippen LogP contribution is 2.30. The summed E-state index contributed by atoms with van der Waals surface area (Å²) in [6, 6.07) is 10.1. The minimum atomic E-state index is -3.84. The molecule has 8 nitrogen and oxygen atoms in total. The van der Waals surface area contributed by atoms with Gasteiger partial charge in [0.2, 0.25) is 26.0 Å². The Balaban J connectivity index is 1.74. The summed E-state index contributed by atoms with van der Waals surface area (Å²) in [5.41, 5.74) is 0.415. The van der Waals surface area contributed by atoms with Crippen LogP contribution in [0.25, 0.3) is 0 Å². The number of nitrogens with zero attached hydrogens (tertiary/aromatic N) is 2. The Morgan fingerprint density at radius 2 is 1.62 bits per heavy atom. The van der Waals surface area contributed by atoms with E-state index in [1.807, 2.05) is 0 Å². The molecule has 0 atom stereocenters. The molecule has 0 aliphatic carbocycles. The lowest BCUT2D eigenvalue weighted by molar-refractivity contribution is -0.114. The van der Waals surface area contributed by atoms with Gasteiger partial charge in [0.25, 0.3) is 0 Å². The summed E-state index contributed by atoms with van der Waals surface area (Å²) >= 11 is 12.1. The molecule has 0 unspecified atom stereocenters. The summed E-state index contributed by atoms with van der Waals surface area (Å²) < 4.78 is 52.3. The molecule has 0 bridgehead atoms. The number of carbonyl (C=O) groups is 1. The average Bonchev–Trinajstić information content (AvgIpc) is 2.74. The highest BCUT2D eigenvalue weighted by Gasteiger charge is 2.26. The molecule has 174 valence electrons. The largest absolute Gasteiger partial charge is 0.325 e. The first-order valence-electron chi connectivity index (χ1n) is 9.81. The number of benzene rings is 2. The SMILES string of the molecule is CS(=O)(=O)N(CC(=O)Nc1ccc(S(=O)(=O)N2CCCCC2)cc1)c1cc(Cl)ccc1Cl. The second-order valence-electron chi connectivity index (χ2n) is 7.40. The van der Waals surface area contributed by atoms with Crippen molar-refractivity contribution < 1.29 is 21.6 Å². The lowest BCUT2D eigenvalue weighted by Gasteiger charge is -2.26. The lowest BCUT2D eigenvalue weighted by Crippen LogP contribution is -2.37. The molecule has 2 aromatic carbocycles. The molecule has 1 aliphatic rings. The first-order valence-corrected chi connectivity index (χ1v) is 13.9. The van der Waals surface area contributed by atoms with Crippen molar-refractivity contribution in [1.29, 1.82) is 0 Å². The van der Waals surface area contributed by atoms with E-state index in [-0.39, 0.29) is 20.6 Å². The van der Waals surface area contributed by atoms with E-state index in [1.54, 1.807) is 0 Å². The molecule has 0 saturated carbocycles. The van der Waals surface area contributed by atoms with Gasteiger partial charge in [-0.15, -0.1) is 0 Å². The van der Waals surface area contributed by atoms with Crippen molar-refractivity contribution in [2.75, 3.05) is 35.5 Å². The van der Waals surface area contributed by atoms with Crippen LogP contribution in [0.3, 0.4) is 0 Å². The van der Waals surface area contributed by atoms with Crippen molar-refractivity contribution in [3.63, 3.8) is 0 Å². The monoisotopic (exact) mass is 519 g/mol. The van der Waals surface area contributed by atoms with Crippen LogP contribution in [0, 0.1) is 0 Å². The number of amides is 1. The number of nitrogens with one attached hydrogen (secondary N) is 1. The number of rotatable bonds is 7. The molecule has 12 heteroatoms. The zero-order valence-corrected chi connectivity index (χ0v) is 20.4. The van der Waals surface area contributed by atoms with Crippen LogP contribution in [0.5, 0.6) is 0 Å². The van der Waals surface area contributed by atoms with Gasteiger partial charge in [0.15, 0.2) is 0 Å². The lowest BCUT2D eigenvalue weighted by atomic mass is 10.2. The van der Waals surface area contributed by atoms with E-state index >= 15 is 0 Å². The van der Waals surface area contributed by atoms with E-state index < -0.39 is 32.5 Å². The Morgan fingerprint density at radius 1 is 1.00 bits per heavy atom. The van der Waals surface area contributed by atoms with Gasteiger partial charge in [-0.2, -0.15) is 4.31 Å². The second kappa shape index (κ2) is 9.96. The van der Waals surface area contributed by atoms with Gasteiger partial charge in [0.1, 0.15) is 6.54 Å². The smallest absolute Gasteiger partial charge is 0.245 e. The number of sulfonamides is 2. The molecule has 1 saturated heterocycles. The summed E-state index contributed by atoms with van der Waals surface area (Å²) in [7, 11) is -7.42. The predicted molar refractivity (Wildman–Crippen MR) is 126 cm³/mol. The van der Waals surface area contributed by atoms with Crippen LogP contribution in [0.2, 0.25) is 10.0 Å². The minimum absolute atomic E-state index is 0.0831. The van der Waals surface area contributed by atoms with Gasteiger partial charge in [0, 0.05) is 23.8 Å². The van der Waals surface area contributed by atoms with Crippen molar-refractivity contribution in [3.05, 3.63) is 52.5 Å². The second-order valence-corrected chi connectivity index (χ2v) is 12.1. The molecule has 1 aliphatic heterocycles. The Bertz CT molecular complexity index is 1200. The molecular weight excluding hydrogens is 497 g/mol. The third-order valence-electron chi connectivity index (χ3n) is 4.96. The number of anilines is 2. The maximum atomic E-state index is 12.7. The quantitative estimate of drug-likeness (QED) is 0.601. The minimum Gasteiger partial charge on any atom is -0.325 e. The molecule has 1 N–H and O–H groups in total. The number of hydrogen-bond donors (Lipinski definition) is 1. The van der Waals surface area contributed by atoms with Crippen molar-refractivity contribution in [2.24, 2.45) is 0 Å². The topological polar surface area (TPSA) is 104 Å². The summed E-state index contributed by atoms with van der Waals surface area (Å²) in [5.74, 6) is -0.627. The zero-order chi connectivity index (χ0) is 23.5. The summed E-state index contributed by atoms with van der Waals surface area (Å²) in [4.78, 5) is 12.7. The van der Waals surface area contributed by atoms with E-state index in [0.29, 0.717) is 18.8 Å². The van der Waals surface area contributed by atoms with E-state index in [2.05, 4.69) is 5.32 Å². The Labute approximate surface area is 198 Å². The Hall–Kier alpha value is -1.85. The van der Waals surface area contributed by atoms with Gasteiger partial charge in [-0.1, -0.05) is 29.6 Å². The van der Waals surface area contributed by atoms with E-state index in [0.717, 1.165) is 29.8 Å². The van der Waals surface area contributed by atoms with Gasteiger partial charge in [0.05, 0.1) is 21.9 Å². The fraction of sp³-hybridized carbons (Fsp3) is 0.350. The normalized spacial score (nSPS) is 15.3. The fourth-order valence-corrected chi connectivity index (χ4v) is 6.17. The van der Waals surface area contributed by atoms with E-state index in [4.69, 9.17) is 23.2 Å². The molecular formula is C20H23Cl2N3O5S2. The van der Waals surface area contributed by atoms with E-state index in [9.17, 15) is 21.6 Å². The van der Waals surface area contributed by atoms with Crippen LogP contribution in [0.15, 0.2) is 47.4 Å². The molecule has 0 radical (unpaired) electrons. The number of piperidine rings is 1.